The maximum absolute atomic E-state index is 10.9. The van der Waals surface area contributed by atoms with E-state index in [0.29, 0.717) is 0 Å². The molecule has 76 valence electrons. The van der Waals surface area contributed by atoms with E-state index in [-0.39, 0.29) is 0 Å². The van der Waals surface area contributed by atoms with E-state index < -0.39 is 11.9 Å². The molecule has 0 radical (unpaired) electrons. The van der Waals surface area contributed by atoms with Crippen LogP contribution in [-0.2, 0) is 4.79 Å². The fraction of sp³-hybridized carbons (Fsp3) is 0.417. The van der Waals surface area contributed by atoms with Crippen LogP contribution in [0.15, 0.2) is 12.1 Å². The summed E-state index contributed by atoms with van der Waals surface area (Å²) in [5, 5.41) is 8.95. The molecule has 1 aromatic rings. The molecule has 2 nitrogen and oxygen atoms in total. The third-order valence-corrected chi connectivity index (χ3v) is 2.54. The van der Waals surface area contributed by atoms with E-state index in [1.54, 1.807) is 6.92 Å². The van der Waals surface area contributed by atoms with Gasteiger partial charge in [0.15, 0.2) is 0 Å². The maximum Gasteiger partial charge on any atom is 0.310 e. The number of rotatable bonds is 2. The van der Waals surface area contributed by atoms with Crippen molar-refractivity contribution in [1.29, 1.82) is 0 Å². The monoisotopic (exact) mass is 192 g/mol. The Morgan fingerprint density at radius 3 is 2.00 bits per heavy atom. The summed E-state index contributed by atoms with van der Waals surface area (Å²) in [5.74, 6) is -1.18. The molecule has 0 saturated heterocycles. The first kappa shape index (κ1) is 10.8. The second-order valence-electron chi connectivity index (χ2n) is 3.87. The van der Waals surface area contributed by atoms with Crippen LogP contribution in [-0.4, -0.2) is 11.1 Å². The van der Waals surface area contributed by atoms with Gasteiger partial charge in [0.2, 0.25) is 0 Å². The third kappa shape index (κ3) is 1.95. The molecule has 0 amide bonds. The van der Waals surface area contributed by atoms with Crippen molar-refractivity contribution in [3.8, 4) is 0 Å². The Morgan fingerprint density at radius 2 is 1.64 bits per heavy atom. The van der Waals surface area contributed by atoms with Crippen molar-refractivity contribution in [2.75, 3.05) is 0 Å². The summed E-state index contributed by atoms with van der Waals surface area (Å²) in [6.07, 6.45) is 0. The smallest absolute Gasteiger partial charge is 0.310 e. The zero-order valence-electron chi connectivity index (χ0n) is 9.09. The Labute approximate surface area is 84.6 Å². The lowest BCUT2D eigenvalue weighted by Crippen LogP contribution is -2.10. The molecular formula is C12H16O2. The molecule has 1 atom stereocenters. The van der Waals surface area contributed by atoms with Crippen molar-refractivity contribution in [2.45, 2.75) is 33.6 Å². The number of carboxylic acids is 1. The van der Waals surface area contributed by atoms with Gasteiger partial charge in [-0.1, -0.05) is 17.7 Å². The van der Waals surface area contributed by atoms with E-state index in [1.807, 2.05) is 32.9 Å². The summed E-state index contributed by atoms with van der Waals surface area (Å²) in [5.41, 5.74) is 4.26. The average molecular weight is 192 g/mol. The van der Waals surface area contributed by atoms with Crippen LogP contribution in [0.2, 0.25) is 0 Å². The highest BCUT2D eigenvalue weighted by Gasteiger charge is 2.17. The Balaban J connectivity index is 3.27. The standard InChI is InChI=1S/C12H16O2/c1-7-5-8(2)11(9(3)6-7)10(4)12(13)14/h5-6,10H,1-4H3,(H,13,14)/t10-/m1/s1. The topological polar surface area (TPSA) is 37.3 Å². The predicted octanol–water partition coefficient (Wildman–Crippen LogP) is 2.80. The highest BCUT2D eigenvalue weighted by Crippen LogP contribution is 2.24. The molecule has 0 spiro atoms. The van der Waals surface area contributed by atoms with Crippen molar-refractivity contribution in [2.24, 2.45) is 0 Å². The summed E-state index contributed by atoms with van der Waals surface area (Å²) in [4.78, 5) is 10.9. The quantitative estimate of drug-likeness (QED) is 0.782. The molecule has 0 aromatic heterocycles. The van der Waals surface area contributed by atoms with Crippen molar-refractivity contribution >= 4 is 5.97 Å². The van der Waals surface area contributed by atoms with Crippen LogP contribution in [0.1, 0.15) is 35.1 Å². The molecule has 0 aliphatic carbocycles. The van der Waals surface area contributed by atoms with Gasteiger partial charge in [0.25, 0.3) is 0 Å². The zero-order valence-corrected chi connectivity index (χ0v) is 9.09. The van der Waals surface area contributed by atoms with Gasteiger partial charge in [-0.3, -0.25) is 4.79 Å². The predicted molar refractivity (Wildman–Crippen MR) is 56.7 cm³/mol. The Hall–Kier alpha value is -1.31. The van der Waals surface area contributed by atoms with Crippen LogP contribution < -0.4 is 0 Å². The molecule has 0 bridgehead atoms. The summed E-state index contributed by atoms with van der Waals surface area (Å²) in [6.45, 7) is 7.69. The zero-order chi connectivity index (χ0) is 10.9. The van der Waals surface area contributed by atoms with Gasteiger partial charge in [-0.05, 0) is 44.4 Å². The summed E-state index contributed by atoms with van der Waals surface area (Å²) in [7, 11) is 0. The maximum atomic E-state index is 10.9. The molecule has 1 rings (SSSR count). The molecule has 1 N–H and O–H groups in total. The van der Waals surface area contributed by atoms with Crippen molar-refractivity contribution in [3.05, 3.63) is 34.4 Å². The van der Waals surface area contributed by atoms with Gasteiger partial charge in [0.1, 0.15) is 0 Å². The molecule has 0 aliphatic rings. The second-order valence-corrected chi connectivity index (χ2v) is 3.87. The van der Waals surface area contributed by atoms with Crippen LogP contribution in [0.3, 0.4) is 0 Å². The van der Waals surface area contributed by atoms with E-state index >= 15 is 0 Å². The van der Waals surface area contributed by atoms with Crippen molar-refractivity contribution in [1.82, 2.24) is 0 Å². The minimum Gasteiger partial charge on any atom is -0.481 e. The van der Waals surface area contributed by atoms with Crippen LogP contribution in [0.5, 0.6) is 0 Å². The number of carbonyl (C=O) groups is 1. The fourth-order valence-corrected chi connectivity index (χ4v) is 2.00. The number of aliphatic carboxylic acids is 1. The fourth-order valence-electron chi connectivity index (χ4n) is 2.00. The van der Waals surface area contributed by atoms with E-state index in [4.69, 9.17) is 5.11 Å². The van der Waals surface area contributed by atoms with Gasteiger partial charge < -0.3 is 5.11 Å². The first-order chi connectivity index (χ1) is 6.43. The average Bonchev–Trinajstić information content (AvgIpc) is 2.01. The summed E-state index contributed by atoms with van der Waals surface area (Å²) in [6, 6.07) is 4.06. The first-order valence-corrected chi connectivity index (χ1v) is 4.74. The molecule has 1 aromatic carbocycles. The molecule has 14 heavy (non-hydrogen) atoms. The van der Waals surface area contributed by atoms with Crippen LogP contribution in [0.25, 0.3) is 0 Å². The lowest BCUT2D eigenvalue weighted by Gasteiger charge is -2.14. The van der Waals surface area contributed by atoms with Gasteiger partial charge in [0, 0.05) is 0 Å². The minimum absolute atomic E-state index is 0.421. The number of hydrogen-bond acceptors (Lipinski definition) is 1. The largest absolute Gasteiger partial charge is 0.481 e. The van der Waals surface area contributed by atoms with Crippen LogP contribution in [0.4, 0.5) is 0 Å². The number of benzene rings is 1. The number of hydrogen-bond donors (Lipinski definition) is 1. The van der Waals surface area contributed by atoms with E-state index in [0.717, 1.165) is 16.7 Å². The molecule has 0 unspecified atom stereocenters. The second kappa shape index (κ2) is 3.82. The van der Waals surface area contributed by atoms with Crippen molar-refractivity contribution in [3.63, 3.8) is 0 Å². The highest BCUT2D eigenvalue weighted by molar-refractivity contribution is 5.76. The highest BCUT2D eigenvalue weighted by atomic mass is 16.4. The first-order valence-electron chi connectivity index (χ1n) is 4.74. The van der Waals surface area contributed by atoms with Gasteiger partial charge in [-0.2, -0.15) is 0 Å². The molecular weight excluding hydrogens is 176 g/mol. The van der Waals surface area contributed by atoms with Gasteiger partial charge in [0.05, 0.1) is 5.92 Å². The number of aryl methyl sites for hydroxylation is 3. The van der Waals surface area contributed by atoms with E-state index in [1.165, 1.54) is 5.56 Å². The van der Waals surface area contributed by atoms with Crippen LogP contribution >= 0.6 is 0 Å². The Kier molecular flexibility index (Phi) is 2.94. The SMILES string of the molecule is Cc1cc(C)c([C@@H](C)C(=O)O)c(C)c1. The molecule has 0 aliphatic heterocycles. The van der Waals surface area contributed by atoms with Gasteiger partial charge >= 0.3 is 5.97 Å². The lowest BCUT2D eigenvalue weighted by atomic mass is 9.91. The van der Waals surface area contributed by atoms with Crippen molar-refractivity contribution < 1.29 is 9.90 Å². The molecule has 0 fully saturated rings. The van der Waals surface area contributed by atoms with E-state index in [2.05, 4.69) is 0 Å². The van der Waals surface area contributed by atoms with Gasteiger partial charge in [-0.25, -0.2) is 0 Å². The minimum atomic E-state index is -0.764. The van der Waals surface area contributed by atoms with Crippen LogP contribution in [0, 0.1) is 20.8 Å². The molecule has 2 heteroatoms. The molecule has 0 saturated carbocycles. The summed E-state index contributed by atoms with van der Waals surface area (Å²) >= 11 is 0. The summed E-state index contributed by atoms with van der Waals surface area (Å²) < 4.78 is 0. The Bertz CT molecular complexity index is 344. The van der Waals surface area contributed by atoms with Gasteiger partial charge in [-0.15, -0.1) is 0 Å². The number of carboxylic acid groups (broad SMARTS) is 1. The Morgan fingerprint density at radius 1 is 1.21 bits per heavy atom. The normalized spacial score (nSPS) is 12.6. The lowest BCUT2D eigenvalue weighted by molar-refractivity contribution is -0.138. The molecule has 0 heterocycles. The third-order valence-electron chi connectivity index (χ3n) is 2.54. The van der Waals surface area contributed by atoms with E-state index in [9.17, 15) is 4.79 Å².